The summed E-state index contributed by atoms with van der Waals surface area (Å²) >= 11 is -0.404. The normalized spacial score (nSPS) is 18.7. The molecule has 0 bridgehead atoms. The molecule has 0 spiro atoms. The van der Waals surface area contributed by atoms with Crippen molar-refractivity contribution in [3.63, 3.8) is 0 Å². The molecule has 0 radical (unpaired) electrons. The third kappa shape index (κ3) is 5.09. The van der Waals surface area contributed by atoms with E-state index in [9.17, 15) is 9.18 Å². The number of aromatic nitrogens is 2. The third-order valence-electron chi connectivity index (χ3n) is 5.68. The fraction of sp³-hybridized carbons (Fsp3) is 0.320. The van der Waals surface area contributed by atoms with Gasteiger partial charge in [-0.15, -0.1) is 0 Å². The number of nitrogens with zero attached hydrogens (tertiary/aromatic N) is 3. The van der Waals surface area contributed by atoms with Crippen LogP contribution in [0.3, 0.4) is 0 Å². The Labute approximate surface area is 198 Å². The van der Waals surface area contributed by atoms with E-state index in [4.69, 9.17) is 4.74 Å². The summed E-state index contributed by atoms with van der Waals surface area (Å²) in [5, 5.41) is 0. The van der Waals surface area contributed by atoms with Crippen LogP contribution < -0.4 is 26.2 Å². The Balaban J connectivity index is 1.56. The summed E-state index contributed by atoms with van der Waals surface area (Å²) in [7, 11) is 0. The number of rotatable bonds is 6. The van der Waals surface area contributed by atoms with Gasteiger partial charge in [0.05, 0.1) is 0 Å². The predicted octanol–water partition coefficient (Wildman–Crippen LogP) is 1.91. The molecule has 3 aromatic rings. The van der Waals surface area contributed by atoms with Crippen molar-refractivity contribution in [2.24, 2.45) is 5.92 Å². The summed E-state index contributed by atoms with van der Waals surface area (Å²) in [5.74, 6) is 0.354. The Morgan fingerprint density at radius 1 is 1.22 bits per heavy atom. The van der Waals surface area contributed by atoms with E-state index in [1.54, 1.807) is 18.5 Å². The molecule has 4 rings (SSSR count). The third-order valence-corrected chi connectivity index (χ3v) is 8.68. The van der Waals surface area contributed by atoms with Gasteiger partial charge in [-0.2, -0.15) is 0 Å². The topological polar surface area (TPSA) is 55.3 Å². The molecule has 7 heteroatoms. The summed E-state index contributed by atoms with van der Waals surface area (Å²) in [6, 6.07) is 13.0. The van der Waals surface area contributed by atoms with E-state index in [0.29, 0.717) is 12.5 Å². The zero-order chi connectivity index (χ0) is 22.5. The summed E-state index contributed by atoms with van der Waals surface area (Å²) in [4.78, 5) is 21.9. The molecule has 1 unspecified atom stereocenters. The second-order valence-electron chi connectivity index (χ2n) is 7.86. The molecule has 0 saturated carbocycles. The quantitative estimate of drug-likeness (QED) is 0.270. The monoisotopic (exact) mass is 546 g/mol. The Hall–Kier alpha value is -2.55. The molecule has 1 aliphatic rings. The van der Waals surface area contributed by atoms with Gasteiger partial charge in [-0.25, -0.2) is 0 Å². The summed E-state index contributed by atoms with van der Waals surface area (Å²) in [6.07, 6.45) is 6.56. The number of pyridine rings is 2. The fourth-order valence-corrected chi connectivity index (χ4v) is 7.54. The van der Waals surface area contributed by atoms with Crippen LogP contribution in [0.4, 0.5) is 4.39 Å². The van der Waals surface area contributed by atoms with Gasteiger partial charge in [-0.3, -0.25) is 0 Å². The molecule has 1 saturated heterocycles. The first-order valence-corrected chi connectivity index (χ1v) is 13.2. The number of carbonyl (C=O) groups excluding carboxylic acids is 1. The summed E-state index contributed by atoms with van der Waals surface area (Å²) < 4.78 is 22.1. The average Bonchev–Trinajstić information content (AvgIpc) is 2.83. The molecule has 1 aliphatic heterocycles. The van der Waals surface area contributed by atoms with Gasteiger partial charge < -0.3 is 0 Å². The number of alkyl halides is 1. The van der Waals surface area contributed by atoms with Crippen molar-refractivity contribution in [2.75, 3.05) is 11.0 Å². The molecule has 168 valence electrons. The maximum absolute atomic E-state index is 13.8. The van der Waals surface area contributed by atoms with Gasteiger partial charge in [-0.05, 0) is 0 Å². The fourth-order valence-electron chi connectivity index (χ4n) is 4.01. The molecule has 1 aromatic carbocycles. The number of aryl methyl sites for hydroxylation is 1. The predicted molar refractivity (Wildman–Crippen MR) is 117 cm³/mol. The van der Waals surface area contributed by atoms with Crippen molar-refractivity contribution in [3.8, 4) is 17.0 Å². The standard InChI is InChI=1S/C25H26FIN3O2/c1-3-23-19(16-32-24-7-5-20(26)15-29-24)8-11-27-30(23)25(31)22-14-17(2)4-6-21(22)18-9-12-28-13-10-18/h4-7,9-10,12-15,19,23H,3,8,11,16H2,1-2H3/q-1/t19-,23?/m1/s1. The van der Waals surface area contributed by atoms with E-state index in [1.165, 1.54) is 6.07 Å². The Bertz CT molecular complexity index is 1060. The van der Waals surface area contributed by atoms with Crippen LogP contribution >= 0.6 is 0 Å². The van der Waals surface area contributed by atoms with Crippen molar-refractivity contribution in [1.29, 1.82) is 0 Å². The number of carbonyl (C=O) groups is 1. The molecule has 32 heavy (non-hydrogen) atoms. The zero-order valence-corrected chi connectivity index (χ0v) is 20.3. The van der Waals surface area contributed by atoms with Gasteiger partial charge in [0.25, 0.3) is 0 Å². The number of halogens is 2. The Morgan fingerprint density at radius 3 is 2.75 bits per heavy atom. The van der Waals surface area contributed by atoms with E-state index >= 15 is 0 Å². The number of amides is 1. The second kappa shape index (κ2) is 10.4. The van der Waals surface area contributed by atoms with E-state index in [-0.39, 0.29) is 23.7 Å². The van der Waals surface area contributed by atoms with Crippen LogP contribution in [0.15, 0.2) is 61.1 Å². The molecule has 0 N–H and O–H groups in total. The van der Waals surface area contributed by atoms with Crippen molar-refractivity contribution in [2.45, 2.75) is 32.7 Å². The molecular weight excluding hydrogens is 520 g/mol. The number of hydrogen-bond donors (Lipinski definition) is 0. The SMILES string of the molecule is CCC1[C@@H](COc2ccc(F)cn2)CC[I-]N1C(=O)c1cc(C)ccc1-c1ccncc1. The molecule has 0 aliphatic carbocycles. The first-order chi connectivity index (χ1) is 15.6. The first-order valence-electron chi connectivity index (χ1n) is 10.7. The van der Waals surface area contributed by atoms with Gasteiger partial charge in [0.2, 0.25) is 0 Å². The summed E-state index contributed by atoms with van der Waals surface area (Å²) in [5.41, 5.74) is 3.75. The molecule has 2 atom stereocenters. The summed E-state index contributed by atoms with van der Waals surface area (Å²) in [6.45, 7) is 4.61. The van der Waals surface area contributed by atoms with Crippen molar-refractivity contribution in [3.05, 3.63) is 78.0 Å². The van der Waals surface area contributed by atoms with Gasteiger partial charge >= 0.3 is 199 Å². The Morgan fingerprint density at radius 2 is 2.03 bits per heavy atom. The van der Waals surface area contributed by atoms with E-state index < -0.39 is 21.5 Å². The minimum atomic E-state index is -0.404. The van der Waals surface area contributed by atoms with Gasteiger partial charge in [-0.1, -0.05) is 0 Å². The molecular formula is C25H26FIN3O2-. The van der Waals surface area contributed by atoms with E-state index in [0.717, 1.165) is 45.7 Å². The van der Waals surface area contributed by atoms with Crippen LogP contribution in [0, 0.1) is 18.7 Å². The molecule has 1 amide bonds. The van der Waals surface area contributed by atoms with Crippen LogP contribution in [0.5, 0.6) is 5.88 Å². The molecule has 2 aromatic heterocycles. The Kier molecular flexibility index (Phi) is 7.34. The van der Waals surface area contributed by atoms with Gasteiger partial charge in [0, 0.05) is 0 Å². The molecule has 3 heterocycles. The second-order valence-corrected chi connectivity index (χ2v) is 10.7. The molecule has 1 fully saturated rings. The number of hydrogen-bond acceptors (Lipinski definition) is 4. The van der Waals surface area contributed by atoms with Crippen molar-refractivity contribution >= 4 is 5.91 Å². The number of benzene rings is 1. The van der Waals surface area contributed by atoms with Crippen LogP contribution in [0.2, 0.25) is 0 Å². The van der Waals surface area contributed by atoms with Gasteiger partial charge in [0.15, 0.2) is 0 Å². The van der Waals surface area contributed by atoms with Gasteiger partial charge in [0.1, 0.15) is 0 Å². The van der Waals surface area contributed by atoms with Crippen LogP contribution in [0.1, 0.15) is 35.7 Å². The zero-order valence-electron chi connectivity index (χ0n) is 18.2. The van der Waals surface area contributed by atoms with Crippen LogP contribution in [-0.4, -0.2) is 36.1 Å². The van der Waals surface area contributed by atoms with Crippen LogP contribution in [-0.2, 0) is 0 Å². The maximum atomic E-state index is 13.8. The van der Waals surface area contributed by atoms with E-state index in [1.807, 2.05) is 37.3 Å². The first kappa shape index (κ1) is 22.6. The minimum absolute atomic E-state index is 0.102. The van der Waals surface area contributed by atoms with Crippen LogP contribution in [0.25, 0.3) is 11.1 Å². The van der Waals surface area contributed by atoms with E-state index in [2.05, 4.69) is 20.0 Å². The van der Waals surface area contributed by atoms with Crippen molar-refractivity contribution in [1.82, 2.24) is 13.1 Å². The van der Waals surface area contributed by atoms with Crippen molar-refractivity contribution < 1.29 is 35.4 Å². The molecule has 5 nitrogen and oxygen atoms in total. The number of ether oxygens (including phenoxy) is 1. The average molecular weight is 546 g/mol.